The van der Waals surface area contributed by atoms with Crippen LogP contribution in [0, 0.1) is 0 Å². The van der Waals surface area contributed by atoms with Gasteiger partial charge in [0.05, 0.1) is 44.5 Å². The summed E-state index contributed by atoms with van der Waals surface area (Å²) in [7, 11) is 0. The van der Waals surface area contributed by atoms with Gasteiger partial charge in [-0.3, -0.25) is 9.13 Å². The first-order valence-electron chi connectivity index (χ1n) is 41.0. The fraction of sp³-hybridized carbons (Fsp3) is 0. The predicted molar refractivity (Wildman–Crippen MR) is 503 cm³/mol. The number of nitrogens with zero attached hydrogens (tertiary/aromatic N) is 6. The van der Waals surface area contributed by atoms with Crippen LogP contribution in [0.5, 0.6) is 0 Å². The molecular formula is C114H70N6. The summed E-state index contributed by atoms with van der Waals surface area (Å²) in [6, 6.07) is 155. The van der Waals surface area contributed by atoms with Crippen molar-refractivity contribution in [2.24, 2.45) is 0 Å². The second-order valence-corrected chi connectivity index (χ2v) is 31.6. The third-order valence-electron chi connectivity index (χ3n) is 24.7. The molecule has 0 atom stereocenters. The zero-order valence-corrected chi connectivity index (χ0v) is 65.1. The van der Waals surface area contributed by atoms with E-state index < -0.39 is 0 Å². The van der Waals surface area contributed by atoms with Crippen molar-refractivity contribution < 1.29 is 0 Å². The van der Waals surface area contributed by atoms with Crippen LogP contribution in [0.3, 0.4) is 0 Å². The van der Waals surface area contributed by atoms with E-state index in [4.69, 9.17) is 19.9 Å². The maximum atomic E-state index is 5.78. The molecule has 0 aliphatic heterocycles. The fourth-order valence-corrected chi connectivity index (χ4v) is 18.7. The molecule has 24 rings (SSSR count). The van der Waals surface area contributed by atoms with Gasteiger partial charge < -0.3 is 0 Å². The van der Waals surface area contributed by atoms with E-state index in [0.717, 1.165) is 187 Å². The van der Waals surface area contributed by atoms with Crippen LogP contribution >= 0.6 is 0 Å². The van der Waals surface area contributed by atoms with Crippen LogP contribution in [0.1, 0.15) is 0 Å². The highest BCUT2D eigenvalue weighted by atomic mass is 15.2. The molecule has 0 aliphatic carbocycles. The molecule has 556 valence electrons. The first-order chi connectivity index (χ1) is 59.4. The monoisotopic (exact) mass is 1520 g/mol. The molecule has 0 bridgehead atoms. The Morgan fingerprint density at radius 1 is 0.142 bits per heavy atom. The second-order valence-electron chi connectivity index (χ2n) is 31.6. The van der Waals surface area contributed by atoms with Gasteiger partial charge in [-0.2, -0.15) is 0 Å². The highest BCUT2D eigenvalue weighted by Crippen LogP contribution is 2.46. The number of rotatable bonds is 12. The standard InChI is InChI=1S/C114H70N6/c1-5-21-71(22-6-1)73-39-41-75(42-40-73)87-53-57-107-100(64-87)102-62-81-30-13-15-32-83(81)67-109(102)119(107)113-115-105-66-89(52-56-97(105)111(117-113)80-47-43-74(44-48-80)72-23-7-2-8-24-72)85-49-45-76-46-50-91(61-92(76)60-85)94-37-20-35-90-59-86(51-55-95(90)94)88-54-58-108-101(65-88)103-63-82-31-14-16-33-84(82)68-110(103)120(108)114-116-106-70-99(79-27-11-4-12-28-79)98(78-25-9-3-10-26-78)69-104(106)112(118-114)96-38-19-34-77-29-17-18-36-93(77)96/h1-70H. The Morgan fingerprint density at radius 2 is 0.508 bits per heavy atom. The molecule has 0 amide bonds. The topological polar surface area (TPSA) is 61.4 Å². The Kier molecular flexibility index (Phi) is 15.9. The summed E-state index contributed by atoms with van der Waals surface area (Å²) in [5.74, 6) is 1.22. The summed E-state index contributed by atoms with van der Waals surface area (Å²) in [5.41, 5.74) is 27.9. The predicted octanol–water partition coefficient (Wildman–Crippen LogP) is 30.2. The van der Waals surface area contributed by atoms with E-state index in [2.05, 4.69) is 434 Å². The van der Waals surface area contributed by atoms with Gasteiger partial charge in [-0.15, -0.1) is 0 Å². The van der Waals surface area contributed by atoms with Crippen molar-refractivity contribution in [1.29, 1.82) is 0 Å². The molecule has 4 aromatic heterocycles. The van der Waals surface area contributed by atoms with Crippen molar-refractivity contribution in [2.75, 3.05) is 0 Å². The Bertz CT molecular complexity index is 8290. The van der Waals surface area contributed by atoms with E-state index >= 15 is 0 Å². The summed E-state index contributed by atoms with van der Waals surface area (Å²) in [6.07, 6.45) is 0. The molecule has 0 fully saturated rings. The Balaban J connectivity index is 0.608. The van der Waals surface area contributed by atoms with Gasteiger partial charge in [0.15, 0.2) is 0 Å². The highest BCUT2D eigenvalue weighted by Gasteiger charge is 2.25. The zero-order chi connectivity index (χ0) is 78.9. The van der Waals surface area contributed by atoms with E-state index in [0.29, 0.717) is 11.9 Å². The fourth-order valence-electron chi connectivity index (χ4n) is 18.7. The van der Waals surface area contributed by atoms with Gasteiger partial charge in [0.2, 0.25) is 11.9 Å². The van der Waals surface area contributed by atoms with Gasteiger partial charge in [0.25, 0.3) is 0 Å². The van der Waals surface area contributed by atoms with Crippen molar-refractivity contribution >= 4 is 119 Å². The second kappa shape index (κ2) is 27.9. The van der Waals surface area contributed by atoms with Crippen LogP contribution in [-0.4, -0.2) is 29.1 Å². The van der Waals surface area contributed by atoms with E-state index in [1.54, 1.807) is 0 Å². The van der Waals surface area contributed by atoms with Crippen LogP contribution in [0.25, 0.3) is 243 Å². The van der Waals surface area contributed by atoms with E-state index in [-0.39, 0.29) is 0 Å². The molecule has 0 unspecified atom stereocenters. The molecule has 6 heteroatoms. The van der Waals surface area contributed by atoms with Crippen LogP contribution in [0.2, 0.25) is 0 Å². The minimum Gasteiger partial charge on any atom is -0.278 e. The minimum atomic E-state index is 0.609. The highest BCUT2D eigenvalue weighted by molar-refractivity contribution is 6.17. The quantitative estimate of drug-likeness (QED) is 0.122. The van der Waals surface area contributed by atoms with Crippen molar-refractivity contribution in [1.82, 2.24) is 29.1 Å². The molecule has 20 aromatic carbocycles. The molecular weight excluding hydrogens is 1450 g/mol. The van der Waals surface area contributed by atoms with Crippen LogP contribution in [-0.2, 0) is 0 Å². The van der Waals surface area contributed by atoms with E-state index in [9.17, 15) is 0 Å². The van der Waals surface area contributed by atoms with Crippen LogP contribution in [0.4, 0.5) is 0 Å². The SMILES string of the molecule is c1ccc(-c2ccc(-c3ccc4c(c3)c3cc5ccccc5cc3n4-c3nc(-c4ccc(-c5ccccc5)cc4)c4ccc(-c5ccc6ccc(-c7cccc8cc(-c9ccc%10c(c9)c9cc%11ccccc%11cc9n%10-c9nc(-c%10cccc%11ccccc%10%11)c%10cc(-c%11ccccc%11)c(-c%11ccccc%11)cc%10n9)ccc78)cc6c5)cc4n3)cc2)cc1. The van der Waals surface area contributed by atoms with Crippen molar-refractivity contribution in [3.8, 4) is 123 Å². The summed E-state index contributed by atoms with van der Waals surface area (Å²) in [4.78, 5) is 22.8. The molecule has 0 saturated heterocycles. The summed E-state index contributed by atoms with van der Waals surface area (Å²) in [5, 5.41) is 18.1. The number of hydrogen-bond donors (Lipinski definition) is 0. The molecule has 0 N–H and O–H groups in total. The van der Waals surface area contributed by atoms with Crippen LogP contribution in [0.15, 0.2) is 425 Å². The lowest BCUT2D eigenvalue weighted by molar-refractivity contribution is 1.01. The first-order valence-corrected chi connectivity index (χ1v) is 41.0. The van der Waals surface area contributed by atoms with Gasteiger partial charge >= 0.3 is 0 Å². The van der Waals surface area contributed by atoms with Gasteiger partial charge in [-0.1, -0.05) is 334 Å². The summed E-state index contributed by atoms with van der Waals surface area (Å²) >= 11 is 0. The van der Waals surface area contributed by atoms with Gasteiger partial charge in [-0.25, -0.2) is 19.9 Å². The normalized spacial score (nSPS) is 11.8. The average Bonchev–Trinajstić information content (AvgIpc) is 1.57. The molecule has 24 aromatic rings. The van der Waals surface area contributed by atoms with Crippen molar-refractivity contribution in [3.05, 3.63) is 425 Å². The lowest BCUT2D eigenvalue weighted by Crippen LogP contribution is -2.04. The maximum Gasteiger partial charge on any atom is 0.235 e. The minimum absolute atomic E-state index is 0.609. The zero-order valence-electron chi connectivity index (χ0n) is 65.1. The summed E-state index contributed by atoms with van der Waals surface area (Å²) in [6.45, 7) is 0. The van der Waals surface area contributed by atoms with Crippen LogP contribution < -0.4 is 0 Å². The molecule has 0 saturated carbocycles. The van der Waals surface area contributed by atoms with Gasteiger partial charge in [-0.05, 0) is 234 Å². The lowest BCUT2D eigenvalue weighted by atomic mass is 9.91. The molecule has 4 heterocycles. The molecule has 6 nitrogen and oxygen atoms in total. The lowest BCUT2D eigenvalue weighted by Gasteiger charge is -2.17. The number of fused-ring (bicyclic) bond motifs is 13. The Labute approximate surface area is 691 Å². The average molecular weight is 1520 g/mol. The van der Waals surface area contributed by atoms with E-state index in [1.807, 2.05) is 0 Å². The molecule has 0 spiro atoms. The third kappa shape index (κ3) is 11.6. The van der Waals surface area contributed by atoms with Gasteiger partial charge in [0, 0.05) is 43.4 Å². The Morgan fingerprint density at radius 3 is 1.09 bits per heavy atom. The largest absolute Gasteiger partial charge is 0.278 e. The molecule has 0 radical (unpaired) electrons. The molecule has 120 heavy (non-hydrogen) atoms. The number of hydrogen-bond acceptors (Lipinski definition) is 4. The van der Waals surface area contributed by atoms with Gasteiger partial charge in [0.1, 0.15) is 0 Å². The van der Waals surface area contributed by atoms with Crippen molar-refractivity contribution in [3.63, 3.8) is 0 Å². The van der Waals surface area contributed by atoms with Crippen molar-refractivity contribution in [2.45, 2.75) is 0 Å². The third-order valence-corrected chi connectivity index (χ3v) is 24.7. The maximum absolute atomic E-state index is 5.78. The number of benzene rings is 20. The van der Waals surface area contributed by atoms with E-state index in [1.165, 1.54) is 43.8 Å². The Hall–Kier alpha value is -16.0. The summed E-state index contributed by atoms with van der Waals surface area (Å²) < 4.78 is 4.58. The molecule has 0 aliphatic rings. The first kappa shape index (κ1) is 68.4. The number of aromatic nitrogens is 6. The smallest absolute Gasteiger partial charge is 0.235 e.